The maximum atomic E-state index is 4.44. The third-order valence-electron chi connectivity index (χ3n) is 2.16. The van der Waals surface area contributed by atoms with Gasteiger partial charge in [-0.3, -0.25) is 0 Å². The summed E-state index contributed by atoms with van der Waals surface area (Å²) in [7, 11) is 2.02. The topological polar surface area (TPSA) is 29.0 Å². The molecule has 84 valence electrons. The predicted molar refractivity (Wildman–Crippen MR) is 70.9 cm³/mol. The number of rotatable bonds is 3. The molecule has 2 heterocycles. The minimum atomic E-state index is 0.786. The summed E-state index contributed by atoms with van der Waals surface area (Å²) in [6.07, 6.45) is 0. The lowest BCUT2D eigenvalue weighted by atomic mass is 10.4. The number of halogens is 1. The van der Waals surface area contributed by atoms with E-state index in [4.69, 9.17) is 0 Å². The van der Waals surface area contributed by atoms with Gasteiger partial charge < -0.3 is 4.90 Å². The molecule has 0 atom stereocenters. The van der Waals surface area contributed by atoms with Crippen molar-refractivity contribution in [2.75, 3.05) is 11.9 Å². The molecule has 5 heteroatoms. The fourth-order valence-electron chi connectivity index (χ4n) is 1.41. The van der Waals surface area contributed by atoms with Crippen LogP contribution in [-0.2, 0) is 6.54 Å². The molecule has 0 amide bonds. The van der Waals surface area contributed by atoms with E-state index in [1.54, 1.807) is 11.3 Å². The Morgan fingerprint density at radius 1 is 1.38 bits per heavy atom. The molecule has 16 heavy (non-hydrogen) atoms. The molecule has 0 saturated heterocycles. The Labute approximate surface area is 107 Å². The van der Waals surface area contributed by atoms with Crippen LogP contribution in [-0.4, -0.2) is 17.0 Å². The summed E-state index contributed by atoms with van der Waals surface area (Å²) in [5, 5.41) is 3.19. The first-order chi connectivity index (χ1) is 7.65. The summed E-state index contributed by atoms with van der Waals surface area (Å²) in [5.41, 5.74) is 1.09. The van der Waals surface area contributed by atoms with E-state index in [-0.39, 0.29) is 0 Å². The zero-order valence-corrected chi connectivity index (χ0v) is 11.5. The first-order valence-electron chi connectivity index (χ1n) is 4.90. The van der Waals surface area contributed by atoms with Gasteiger partial charge in [-0.1, -0.05) is 6.07 Å². The Bertz CT molecular complexity index is 484. The molecule has 0 saturated carbocycles. The molecule has 2 aromatic rings. The summed E-state index contributed by atoms with van der Waals surface area (Å²) >= 11 is 5.05. The largest absolute Gasteiger partial charge is 0.354 e. The highest BCUT2D eigenvalue weighted by atomic mass is 79.9. The number of pyridine rings is 1. The molecule has 0 fully saturated rings. The number of aryl methyl sites for hydroxylation is 1. The van der Waals surface area contributed by atoms with Crippen LogP contribution in [0.15, 0.2) is 28.2 Å². The van der Waals surface area contributed by atoms with Crippen LogP contribution in [0.3, 0.4) is 0 Å². The fourth-order valence-corrected chi connectivity index (χ4v) is 2.35. The van der Waals surface area contributed by atoms with Gasteiger partial charge in [-0.2, -0.15) is 0 Å². The third-order valence-corrected chi connectivity index (χ3v) is 3.42. The monoisotopic (exact) mass is 297 g/mol. The van der Waals surface area contributed by atoms with Gasteiger partial charge in [0.15, 0.2) is 0 Å². The lowest BCUT2D eigenvalue weighted by molar-refractivity contribution is 0.868. The van der Waals surface area contributed by atoms with Crippen molar-refractivity contribution in [3.8, 4) is 0 Å². The molecule has 0 unspecified atom stereocenters. The number of thiazole rings is 1. The van der Waals surface area contributed by atoms with E-state index >= 15 is 0 Å². The maximum absolute atomic E-state index is 4.44. The summed E-state index contributed by atoms with van der Waals surface area (Å²) < 4.78 is 0.853. The number of anilines is 1. The summed E-state index contributed by atoms with van der Waals surface area (Å²) in [6.45, 7) is 2.80. The minimum absolute atomic E-state index is 0.786. The van der Waals surface area contributed by atoms with Crippen LogP contribution in [0.5, 0.6) is 0 Å². The van der Waals surface area contributed by atoms with Gasteiger partial charge in [-0.15, -0.1) is 11.3 Å². The van der Waals surface area contributed by atoms with E-state index < -0.39 is 0 Å². The molecule has 0 radical (unpaired) electrons. The Balaban J connectivity index is 2.11. The van der Waals surface area contributed by atoms with Crippen molar-refractivity contribution >= 4 is 33.1 Å². The van der Waals surface area contributed by atoms with E-state index in [2.05, 4.69) is 36.2 Å². The Morgan fingerprint density at radius 3 is 2.81 bits per heavy atom. The number of nitrogens with zero attached hydrogens (tertiary/aromatic N) is 3. The second kappa shape index (κ2) is 4.93. The average Bonchev–Trinajstić information content (AvgIpc) is 2.64. The molecule has 0 aromatic carbocycles. The van der Waals surface area contributed by atoms with Crippen LogP contribution in [0.25, 0.3) is 0 Å². The highest BCUT2D eigenvalue weighted by molar-refractivity contribution is 9.10. The van der Waals surface area contributed by atoms with E-state index in [9.17, 15) is 0 Å². The minimum Gasteiger partial charge on any atom is -0.354 e. The lowest BCUT2D eigenvalue weighted by Gasteiger charge is -2.16. The van der Waals surface area contributed by atoms with Gasteiger partial charge >= 0.3 is 0 Å². The molecule has 3 nitrogen and oxygen atoms in total. The van der Waals surface area contributed by atoms with Crippen LogP contribution in [0, 0.1) is 6.92 Å². The highest BCUT2D eigenvalue weighted by Crippen LogP contribution is 2.16. The lowest BCUT2D eigenvalue weighted by Crippen LogP contribution is -2.17. The van der Waals surface area contributed by atoms with Gasteiger partial charge in [0.05, 0.1) is 17.2 Å². The average molecular weight is 298 g/mol. The van der Waals surface area contributed by atoms with Crippen molar-refractivity contribution in [1.29, 1.82) is 0 Å². The van der Waals surface area contributed by atoms with Gasteiger partial charge in [0.1, 0.15) is 10.4 Å². The van der Waals surface area contributed by atoms with Gasteiger partial charge in [0, 0.05) is 12.4 Å². The van der Waals surface area contributed by atoms with Crippen molar-refractivity contribution in [1.82, 2.24) is 9.97 Å². The molecule has 0 spiro atoms. The SMILES string of the molecule is Cc1nc(CN(C)c2cccc(Br)n2)cs1. The zero-order chi connectivity index (χ0) is 11.5. The molecule has 0 bridgehead atoms. The third kappa shape index (κ3) is 2.80. The van der Waals surface area contributed by atoms with E-state index in [0.29, 0.717) is 0 Å². The first-order valence-corrected chi connectivity index (χ1v) is 6.57. The zero-order valence-electron chi connectivity index (χ0n) is 9.14. The quantitative estimate of drug-likeness (QED) is 0.815. The molecular formula is C11H12BrN3S. The fraction of sp³-hybridized carbons (Fsp3) is 0.273. The van der Waals surface area contributed by atoms with E-state index in [1.807, 2.05) is 32.2 Å². The van der Waals surface area contributed by atoms with Crippen molar-refractivity contribution in [3.05, 3.63) is 38.9 Å². The number of hydrogen-bond donors (Lipinski definition) is 0. The Hall–Kier alpha value is -0.940. The van der Waals surface area contributed by atoms with E-state index in [0.717, 1.165) is 27.7 Å². The first kappa shape index (κ1) is 11.5. The standard InChI is InChI=1S/C11H12BrN3S/c1-8-13-9(7-16-8)6-15(2)11-5-3-4-10(12)14-11/h3-5,7H,6H2,1-2H3. The van der Waals surface area contributed by atoms with Gasteiger partial charge in [-0.25, -0.2) is 9.97 Å². The van der Waals surface area contributed by atoms with Crippen molar-refractivity contribution in [2.24, 2.45) is 0 Å². The second-order valence-electron chi connectivity index (χ2n) is 3.53. The van der Waals surface area contributed by atoms with Gasteiger partial charge in [-0.05, 0) is 35.0 Å². The number of aromatic nitrogens is 2. The van der Waals surface area contributed by atoms with Gasteiger partial charge in [0.2, 0.25) is 0 Å². The van der Waals surface area contributed by atoms with Crippen LogP contribution >= 0.6 is 27.3 Å². The van der Waals surface area contributed by atoms with Crippen LogP contribution < -0.4 is 4.90 Å². The molecular weight excluding hydrogens is 286 g/mol. The van der Waals surface area contributed by atoms with Crippen molar-refractivity contribution in [3.63, 3.8) is 0 Å². The van der Waals surface area contributed by atoms with Crippen LogP contribution in [0.1, 0.15) is 10.7 Å². The number of hydrogen-bond acceptors (Lipinski definition) is 4. The molecule has 0 aliphatic carbocycles. The second-order valence-corrected chi connectivity index (χ2v) is 5.41. The van der Waals surface area contributed by atoms with Gasteiger partial charge in [0.25, 0.3) is 0 Å². The predicted octanol–water partition coefficient (Wildman–Crippen LogP) is 3.25. The highest BCUT2D eigenvalue weighted by Gasteiger charge is 2.06. The van der Waals surface area contributed by atoms with Crippen molar-refractivity contribution in [2.45, 2.75) is 13.5 Å². The summed E-state index contributed by atoms with van der Waals surface area (Å²) in [5.74, 6) is 0.944. The molecule has 2 aromatic heterocycles. The summed E-state index contributed by atoms with van der Waals surface area (Å²) in [4.78, 5) is 10.9. The van der Waals surface area contributed by atoms with Crippen LogP contribution in [0.2, 0.25) is 0 Å². The maximum Gasteiger partial charge on any atom is 0.129 e. The normalized spacial score (nSPS) is 10.4. The smallest absolute Gasteiger partial charge is 0.129 e. The molecule has 0 aliphatic heterocycles. The molecule has 0 aliphatic rings. The summed E-state index contributed by atoms with van der Waals surface area (Å²) in [6, 6.07) is 5.89. The van der Waals surface area contributed by atoms with Crippen molar-refractivity contribution < 1.29 is 0 Å². The molecule has 2 rings (SSSR count). The van der Waals surface area contributed by atoms with Crippen LogP contribution in [0.4, 0.5) is 5.82 Å². The molecule has 0 N–H and O–H groups in total. The Kier molecular flexibility index (Phi) is 3.56. The Morgan fingerprint density at radius 2 is 2.19 bits per heavy atom. The van der Waals surface area contributed by atoms with E-state index in [1.165, 1.54) is 0 Å².